The lowest BCUT2D eigenvalue weighted by atomic mass is 9.74. The van der Waals surface area contributed by atoms with E-state index < -0.39 is 0 Å². The van der Waals surface area contributed by atoms with Crippen LogP contribution in [0.2, 0.25) is 0 Å². The van der Waals surface area contributed by atoms with Crippen molar-refractivity contribution in [1.82, 2.24) is 0 Å². The van der Waals surface area contributed by atoms with E-state index in [0.717, 1.165) is 49.4 Å². The molecule has 0 bridgehead atoms. The summed E-state index contributed by atoms with van der Waals surface area (Å²) in [5.74, 6) is 5.69. The average Bonchev–Trinajstić information content (AvgIpc) is 2.86. The molecule has 3 aliphatic rings. The van der Waals surface area contributed by atoms with Crippen molar-refractivity contribution >= 4 is 0 Å². The molecule has 3 unspecified atom stereocenters. The highest BCUT2D eigenvalue weighted by Crippen LogP contribution is 2.38. The predicted molar refractivity (Wildman–Crippen MR) is 150 cm³/mol. The van der Waals surface area contributed by atoms with Crippen LogP contribution in [0.4, 0.5) is 0 Å². The largest absolute Gasteiger partial charge is 0.393 e. The number of aliphatic hydroxyl groups is 2. The molecule has 0 radical (unpaired) electrons. The van der Waals surface area contributed by atoms with Crippen molar-refractivity contribution in [3.8, 4) is 0 Å². The van der Waals surface area contributed by atoms with Crippen LogP contribution in [-0.2, 0) is 0 Å². The molecule has 3 rings (SSSR count). The molecule has 3 saturated carbocycles. The normalized spacial score (nSPS) is 32.3. The van der Waals surface area contributed by atoms with Crippen LogP contribution in [0.5, 0.6) is 0 Å². The molecule has 2 nitrogen and oxygen atoms in total. The summed E-state index contributed by atoms with van der Waals surface area (Å²) in [6, 6.07) is 0. The van der Waals surface area contributed by atoms with Crippen molar-refractivity contribution < 1.29 is 10.2 Å². The van der Waals surface area contributed by atoms with Crippen LogP contribution < -0.4 is 0 Å². The molecule has 0 aromatic rings. The van der Waals surface area contributed by atoms with Crippen LogP contribution in [0, 0.1) is 47.3 Å². The second kappa shape index (κ2) is 15.4. The molecule has 0 aromatic heterocycles. The molecule has 2 N–H and O–H groups in total. The molecule has 2 heteroatoms. The molecule has 0 amide bonds. The van der Waals surface area contributed by atoms with E-state index in [1.165, 1.54) is 96.3 Å². The third-order valence-electron chi connectivity index (χ3n) is 11.0. The Hall–Kier alpha value is -0.0800. The maximum Gasteiger partial charge on any atom is 0.0571 e. The minimum atomic E-state index is -0.142. The van der Waals surface area contributed by atoms with Crippen molar-refractivity contribution in [3.05, 3.63) is 0 Å². The van der Waals surface area contributed by atoms with Crippen molar-refractivity contribution in [2.75, 3.05) is 0 Å². The third kappa shape index (κ3) is 10.3. The Bertz CT molecular complexity index is 537. The van der Waals surface area contributed by atoms with E-state index in [9.17, 15) is 10.2 Å². The summed E-state index contributed by atoms with van der Waals surface area (Å²) in [6.07, 6.45) is 24.9. The van der Waals surface area contributed by atoms with Crippen LogP contribution in [0.15, 0.2) is 0 Å². The van der Waals surface area contributed by atoms with Gasteiger partial charge in [0.1, 0.15) is 0 Å². The van der Waals surface area contributed by atoms with Gasteiger partial charge in [0.25, 0.3) is 0 Å². The van der Waals surface area contributed by atoms with Gasteiger partial charge in [0.05, 0.1) is 12.2 Å². The minimum Gasteiger partial charge on any atom is -0.393 e. The zero-order chi connectivity index (χ0) is 25.2. The fraction of sp³-hybridized carbons (Fsp3) is 1.00. The highest BCUT2D eigenvalue weighted by Gasteiger charge is 2.29. The number of hydrogen-bond donors (Lipinski definition) is 2. The van der Waals surface area contributed by atoms with Gasteiger partial charge in [-0.25, -0.2) is 0 Å². The predicted octanol–water partition coefficient (Wildman–Crippen LogP) is 9.17. The first-order chi connectivity index (χ1) is 16.8. The molecular formula is C33H62O2. The molecule has 0 saturated heterocycles. The lowest BCUT2D eigenvalue weighted by Gasteiger charge is -2.34. The second-order valence-corrected chi connectivity index (χ2v) is 14.2. The number of hydrogen-bond acceptors (Lipinski definition) is 2. The van der Waals surface area contributed by atoms with Gasteiger partial charge in [-0.1, -0.05) is 111 Å². The SMILES string of the molecule is CC1CCC(C(O)CC(CCC(C)[C@@H](O)CC2CCC(CCC3CCCCC3)CC2)C(C)C)CC1. The first-order valence-electron chi connectivity index (χ1n) is 16.2. The summed E-state index contributed by atoms with van der Waals surface area (Å²) < 4.78 is 0. The van der Waals surface area contributed by atoms with E-state index in [1.54, 1.807) is 0 Å². The second-order valence-electron chi connectivity index (χ2n) is 14.2. The minimum absolute atomic E-state index is 0.122. The van der Waals surface area contributed by atoms with E-state index in [1.807, 2.05) is 0 Å². The Morgan fingerprint density at radius 2 is 1.23 bits per heavy atom. The number of rotatable bonds is 13. The van der Waals surface area contributed by atoms with Gasteiger partial charge in [-0.05, 0) is 85.9 Å². The van der Waals surface area contributed by atoms with Gasteiger partial charge in [0.2, 0.25) is 0 Å². The van der Waals surface area contributed by atoms with Crippen LogP contribution in [-0.4, -0.2) is 22.4 Å². The molecule has 206 valence electrons. The van der Waals surface area contributed by atoms with E-state index in [4.69, 9.17) is 0 Å². The fourth-order valence-electron chi connectivity index (χ4n) is 7.84. The Balaban J connectivity index is 1.31. The van der Waals surface area contributed by atoms with Crippen molar-refractivity contribution in [1.29, 1.82) is 0 Å². The van der Waals surface area contributed by atoms with E-state index in [0.29, 0.717) is 23.7 Å². The Kier molecular flexibility index (Phi) is 12.9. The van der Waals surface area contributed by atoms with Crippen LogP contribution in [0.3, 0.4) is 0 Å². The molecule has 3 aliphatic carbocycles. The monoisotopic (exact) mass is 490 g/mol. The Morgan fingerprint density at radius 3 is 1.83 bits per heavy atom. The lowest BCUT2D eigenvalue weighted by Crippen LogP contribution is -2.29. The number of aliphatic hydroxyl groups excluding tert-OH is 2. The van der Waals surface area contributed by atoms with E-state index in [-0.39, 0.29) is 12.2 Å². The van der Waals surface area contributed by atoms with Crippen molar-refractivity contribution in [2.45, 2.75) is 162 Å². The smallest absolute Gasteiger partial charge is 0.0571 e. The summed E-state index contributed by atoms with van der Waals surface area (Å²) in [5, 5.41) is 22.0. The zero-order valence-corrected chi connectivity index (χ0v) is 24.1. The zero-order valence-electron chi connectivity index (χ0n) is 24.1. The Morgan fingerprint density at radius 1 is 0.657 bits per heavy atom. The summed E-state index contributed by atoms with van der Waals surface area (Å²) in [5.41, 5.74) is 0. The quantitative estimate of drug-likeness (QED) is 0.270. The third-order valence-corrected chi connectivity index (χ3v) is 11.0. The van der Waals surface area contributed by atoms with E-state index >= 15 is 0 Å². The van der Waals surface area contributed by atoms with Gasteiger partial charge in [-0.2, -0.15) is 0 Å². The molecule has 4 atom stereocenters. The molecule has 35 heavy (non-hydrogen) atoms. The fourth-order valence-corrected chi connectivity index (χ4v) is 7.84. The molecule has 0 heterocycles. The van der Waals surface area contributed by atoms with Gasteiger partial charge in [0, 0.05) is 0 Å². The van der Waals surface area contributed by atoms with Crippen molar-refractivity contribution in [2.24, 2.45) is 47.3 Å². The van der Waals surface area contributed by atoms with Gasteiger partial charge < -0.3 is 10.2 Å². The summed E-state index contributed by atoms with van der Waals surface area (Å²) >= 11 is 0. The maximum absolute atomic E-state index is 11.0. The standard InChI is InChI=1S/C33H62O2/c1-24(2)31(23-33(35)30-19-10-25(3)11-20-30)21-12-26(4)32(34)22-29-17-15-28(16-18-29)14-13-27-8-6-5-7-9-27/h24-35H,5-23H2,1-4H3/t25?,26?,28?,29?,30?,31?,32-,33?/m0/s1. The molecular weight excluding hydrogens is 428 g/mol. The van der Waals surface area contributed by atoms with Crippen LogP contribution in [0.25, 0.3) is 0 Å². The molecule has 0 aliphatic heterocycles. The first-order valence-corrected chi connectivity index (χ1v) is 16.2. The summed E-state index contributed by atoms with van der Waals surface area (Å²) in [7, 11) is 0. The van der Waals surface area contributed by atoms with Gasteiger partial charge >= 0.3 is 0 Å². The molecule has 3 fully saturated rings. The summed E-state index contributed by atoms with van der Waals surface area (Å²) in [6.45, 7) is 9.29. The van der Waals surface area contributed by atoms with Crippen LogP contribution >= 0.6 is 0 Å². The highest BCUT2D eigenvalue weighted by molar-refractivity contribution is 4.81. The van der Waals surface area contributed by atoms with Gasteiger partial charge in [0.15, 0.2) is 0 Å². The van der Waals surface area contributed by atoms with Gasteiger partial charge in [-0.3, -0.25) is 0 Å². The maximum atomic E-state index is 11.0. The average molecular weight is 491 g/mol. The van der Waals surface area contributed by atoms with Gasteiger partial charge in [-0.15, -0.1) is 0 Å². The lowest BCUT2D eigenvalue weighted by molar-refractivity contribution is 0.0400. The Labute approximate surface area is 219 Å². The summed E-state index contributed by atoms with van der Waals surface area (Å²) in [4.78, 5) is 0. The molecule has 0 spiro atoms. The highest BCUT2D eigenvalue weighted by atomic mass is 16.3. The van der Waals surface area contributed by atoms with Crippen molar-refractivity contribution in [3.63, 3.8) is 0 Å². The van der Waals surface area contributed by atoms with E-state index in [2.05, 4.69) is 27.7 Å². The first kappa shape index (κ1) is 29.5. The topological polar surface area (TPSA) is 40.5 Å². The van der Waals surface area contributed by atoms with Crippen LogP contribution in [0.1, 0.15) is 150 Å². The molecule has 0 aromatic carbocycles.